The molecule has 1 saturated heterocycles. The minimum absolute atomic E-state index is 0.00563. The van der Waals surface area contributed by atoms with Crippen LogP contribution in [0.5, 0.6) is 11.5 Å². The minimum atomic E-state index is -5.83. The Kier molecular flexibility index (Phi) is 3.54. The van der Waals surface area contributed by atoms with Crippen molar-refractivity contribution in [2.75, 3.05) is 13.6 Å². The lowest BCUT2D eigenvalue weighted by molar-refractivity contribution is -0.0507. The van der Waals surface area contributed by atoms with Gasteiger partial charge in [-0.15, -0.1) is 0 Å². The minimum Gasteiger partial charge on any atom is -0.482 e. The van der Waals surface area contributed by atoms with Crippen molar-refractivity contribution in [2.24, 2.45) is 5.92 Å². The van der Waals surface area contributed by atoms with E-state index in [0.29, 0.717) is 18.4 Å². The van der Waals surface area contributed by atoms with Crippen molar-refractivity contribution in [2.45, 2.75) is 42.0 Å². The number of aliphatic hydroxyl groups is 1. The smallest absolute Gasteiger partial charge is 0.482 e. The predicted octanol–water partition coefficient (Wildman–Crippen LogP) is 1.72. The van der Waals surface area contributed by atoms with E-state index in [1.54, 1.807) is 12.1 Å². The standard InChI is InChI=1S/C18H18F3NO5S/c1-22-7-6-17-10-3-4-12(23)16(17)26-15-13(27-28(24,25)18(19,20)21)5-2-9(14(15)17)8-11(10)22/h2-5,10-12,16,23H,6-8H2,1H3/t10-,11+,12-,16-,17-/m1/s1. The number of hydrogen-bond acceptors (Lipinski definition) is 6. The third kappa shape index (κ3) is 2.13. The number of nitrogens with zero attached hydrogens (tertiary/aromatic N) is 1. The highest BCUT2D eigenvalue weighted by Gasteiger charge is 2.64. The number of ether oxygens (including phenoxy) is 1. The summed E-state index contributed by atoms with van der Waals surface area (Å²) in [5, 5.41) is 10.5. The lowest BCUT2D eigenvalue weighted by atomic mass is 9.53. The average Bonchev–Trinajstić information content (AvgIpc) is 2.96. The van der Waals surface area contributed by atoms with Crippen LogP contribution in [0.2, 0.25) is 0 Å². The van der Waals surface area contributed by atoms with Gasteiger partial charge in [-0.05, 0) is 38.1 Å². The topological polar surface area (TPSA) is 76.1 Å². The van der Waals surface area contributed by atoms with E-state index in [-0.39, 0.29) is 17.7 Å². The van der Waals surface area contributed by atoms with Crippen LogP contribution < -0.4 is 8.92 Å². The maximum absolute atomic E-state index is 12.8. The molecule has 5 rings (SSSR count). The number of alkyl halides is 3. The molecule has 0 saturated carbocycles. The zero-order valence-corrected chi connectivity index (χ0v) is 15.6. The molecule has 152 valence electrons. The Bertz CT molecular complexity index is 992. The number of halogens is 3. The van der Waals surface area contributed by atoms with Gasteiger partial charge in [0.1, 0.15) is 12.2 Å². The Balaban J connectivity index is 1.69. The zero-order chi connectivity index (χ0) is 20.1. The fraction of sp³-hybridized carbons (Fsp3) is 0.556. The summed E-state index contributed by atoms with van der Waals surface area (Å²) in [4.78, 5) is 2.24. The summed E-state index contributed by atoms with van der Waals surface area (Å²) in [7, 11) is -3.80. The highest BCUT2D eigenvalue weighted by Crippen LogP contribution is 2.62. The number of benzene rings is 1. The number of likely N-dealkylation sites (N-methyl/N-ethyl adjacent to an activating group) is 1. The summed E-state index contributed by atoms with van der Waals surface area (Å²) in [6.07, 6.45) is 3.30. The molecule has 10 heteroatoms. The maximum atomic E-state index is 12.8. The molecule has 2 aliphatic heterocycles. The van der Waals surface area contributed by atoms with Gasteiger partial charge in [-0.3, -0.25) is 0 Å². The van der Waals surface area contributed by atoms with Crippen LogP contribution in [0.1, 0.15) is 17.5 Å². The van der Waals surface area contributed by atoms with E-state index < -0.39 is 39.0 Å². The normalized spacial score (nSPS) is 36.0. The molecular formula is C18H18F3NO5S. The molecule has 0 aromatic heterocycles. The zero-order valence-electron chi connectivity index (χ0n) is 14.8. The van der Waals surface area contributed by atoms with E-state index in [1.807, 2.05) is 13.1 Å². The fourth-order valence-corrected chi connectivity index (χ4v) is 5.92. The van der Waals surface area contributed by atoms with E-state index >= 15 is 0 Å². The number of rotatable bonds is 2. The van der Waals surface area contributed by atoms with Crippen LogP contribution in [-0.4, -0.2) is 55.8 Å². The van der Waals surface area contributed by atoms with Gasteiger partial charge in [-0.1, -0.05) is 18.2 Å². The molecule has 1 aromatic rings. The largest absolute Gasteiger partial charge is 0.534 e. The Hall–Kier alpha value is -1.78. The Morgan fingerprint density at radius 3 is 2.79 bits per heavy atom. The van der Waals surface area contributed by atoms with Crippen LogP contribution in [0.4, 0.5) is 13.2 Å². The van der Waals surface area contributed by atoms with Crippen LogP contribution in [0.3, 0.4) is 0 Å². The second-order valence-corrected chi connectivity index (χ2v) is 9.43. The number of hydrogen-bond donors (Lipinski definition) is 1. The number of likely N-dealkylation sites (tertiary alicyclic amines) is 1. The molecule has 2 bridgehead atoms. The van der Waals surface area contributed by atoms with Gasteiger partial charge >= 0.3 is 15.6 Å². The van der Waals surface area contributed by atoms with Crippen LogP contribution in [-0.2, 0) is 22.0 Å². The summed E-state index contributed by atoms with van der Waals surface area (Å²) in [5.41, 5.74) is -4.56. The van der Waals surface area contributed by atoms with Gasteiger partial charge in [0.25, 0.3) is 0 Å². The van der Waals surface area contributed by atoms with Crippen molar-refractivity contribution in [3.8, 4) is 11.5 Å². The molecule has 6 nitrogen and oxygen atoms in total. The van der Waals surface area contributed by atoms with Crippen molar-refractivity contribution >= 4 is 10.1 Å². The van der Waals surface area contributed by atoms with Crippen molar-refractivity contribution in [3.63, 3.8) is 0 Å². The first-order chi connectivity index (χ1) is 13.1. The fourth-order valence-electron chi connectivity index (χ4n) is 5.46. The van der Waals surface area contributed by atoms with Crippen molar-refractivity contribution < 1.29 is 35.6 Å². The monoisotopic (exact) mass is 417 g/mol. The average molecular weight is 417 g/mol. The van der Waals surface area contributed by atoms with Gasteiger partial charge in [0.15, 0.2) is 11.5 Å². The Labute approximate surface area is 159 Å². The highest BCUT2D eigenvalue weighted by atomic mass is 32.2. The highest BCUT2D eigenvalue weighted by molar-refractivity contribution is 7.88. The number of aliphatic hydroxyl groups excluding tert-OH is 1. The van der Waals surface area contributed by atoms with Crippen LogP contribution in [0.25, 0.3) is 0 Å². The third-order valence-corrected chi connectivity index (χ3v) is 7.58. The number of piperidine rings is 1. The second-order valence-electron chi connectivity index (χ2n) is 7.89. The first kappa shape index (κ1) is 18.3. The summed E-state index contributed by atoms with van der Waals surface area (Å²) >= 11 is 0. The van der Waals surface area contributed by atoms with Gasteiger partial charge in [-0.2, -0.15) is 21.6 Å². The van der Waals surface area contributed by atoms with E-state index in [0.717, 1.165) is 12.1 Å². The van der Waals surface area contributed by atoms with Crippen LogP contribution >= 0.6 is 0 Å². The van der Waals surface area contributed by atoms with Gasteiger partial charge in [0.2, 0.25) is 0 Å². The van der Waals surface area contributed by atoms with Gasteiger partial charge in [-0.25, -0.2) is 0 Å². The third-order valence-electron chi connectivity index (χ3n) is 6.62. The summed E-state index contributed by atoms with van der Waals surface area (Å²) in [5.74, 6) is -0.461. The van der Waals surface area contributed by atoms with Crippen molar-refractivity contribution in [1.82, 2.24) is 4.90 Å². The van der Waals surface area contributed by atoms with E-state index in [1.165, 1.54) is 6.07 Å². The van der Waals surface area contributed by atoms with E-state index in [2.05, 4.69) is 9.08 Å². The predicted molar refractivity (Wildman–Crippen MR) is 91.5 cm³/mol. The molecule has 1 fully saturated rings. The molecular weight excluding hydrogens is 399 g/mol. The SMILES string of the molecule is CN1CC[C@@]23c4c5ccc(OS(=O)(=O)C(F)(F)F)c4O[C@@H]2[C@H](O)C=C[C@@H]3[C@@H]1C5. The molecule has 0 amide bonds. The first-order valence-corrected chi connectivity index (χ1v) is 10.4. The van der Waals surface area contributed by atoms with Gasteiger partial charge in [0, 0.05) is 22.9 Å². The molecule has 1 aromatic carbocycles. The summed E-state index contributed by atoms with van der Waals surface area (Å²) in [6.45, 7) is 0.742. The van der Waals surface area contributed by atoms with Crippen molar-refractivity contribution in [1.29, 1.82) is 0 Å². The van der Waals surface area contributed by atoms with Crippen LogP contribution in [0.15, 0.2) is 24.3 Å². The molecule has 2 heterocycles. The first-order valence-electron chi connectivity index (χ1n) is 8.96. The van der Waals surface area contributed by atoms with Crippen LogP contribution in [0, 0.1) is 5.92 Å². The Morgan fingerprint density at radius 2 is 2.07 bits per heavy atom. The van der Waals surface area contributed by atoms with Gasteiger partial charge in [0.05, 0.1) is 0 Å². The molecule has 4 aliphatic rings. The maximum Gasteiger partial charge on any atom is 0.534 e. The molecule has 5 atom stereocenters. The Morgan fingerprint density at radius 1 is 1.32 bits per heavy atom. The lowest BCUT2D eigenvalue weighted by Crippen LogP contribution is -2.64. The lowest BCUT2D eigenvalue weighted by Gasteiger charge is -2.56. The van der Waals surface area contributed by atoms with E-state index in [4.69, 9.17) is 4.74 Å². The van der Waals surface area contributed by atoms with Gasteiger partial charge < -0.3 is 18.9 Å². The summed E-state index contributed by atoms with van der Waals surface area (Å²) < 4.78 is 71.9. The molecule has 0 radical (unpaired) electrons. The molecule has 28 heavy (non-hydrogen) atoms. The van der Waals surface area contributed by atoms with E-state index in [9.17, 15) is 26.7 Å². The van der Waals surface area contributed by atoms with Crippen molar-refractivity contribution in [3.05, 3.63) is 35.4 Å². The summed E-state index contributed by atoms with van der Waals surface area (Å²) in [6, 6.07) is 3.00. The quantitative estimate of drug-likeness (QED) is 0.449. The molecule has 2 aliphatic carbocycles. The molecule has 1 spiro atoms. The molecule has 1 N–H and O–H groups in total. The second kappa shape index (κ2) is 5.43. The molecule has 0 unspecified atom stereocenters.